The van der Waals surface area contributed by atoms with Crippen molar-refractivity contribution in [2.24, 2.45) is 0 Å². The lowest BCUT2D eigenvalue weighted by molar-refractivity contribution is 1.10. The number of nitrogens with one attached hydrogen (secondary N) is 2. The summed E-state index contributed by atoms with van der Waals surface area (Å²) in [5.74, 6) is 1.39. The van der Waals surface area contributed by atoms with Crippen molar-refractivity contribution < 1.29 is 0 Å². The number of nitrogen functional groups attached to an aromatic ring is 1. The predicted octanol–water partition coefficient (Wildman–Crippen LogP) is 1.61. The summed E-state index contributed by atoms with van der Waals surface area (Å²) >= 11 is 1.59. The van der Waals surface area contributed by atoms with Crippen LogP contribution in [-0.2, 0) is 6.54 Å². The van der Waals surface area contributed by atoms with Crippen LogP contribution in [0.15, 0.2) is 24.0 Å². The maximum atomic E-state index is 5.71. The molecule has 0 aliphatic heterocycles. The highest BCUT2D eigenvalue weighted by Crippen LogP contribution is 2.24. The number of fused-ring (bicyclic) bond motifs is 1. The van der Waals surface area contributed by atoms with Crippen LogP contribution in [0.3, 0.4) is 0 Å². The summed E-state index contributed by atoms with van der Waals surface area (Å²) in [6.45, 7) is 0.588. The average Bonchev–Trinajstić information content (AvgIpc) is 2.95. The highest BCUT2D eigenvalue weighted by Gasteiger charge is 2.06. The van der Waals surface area contributed by atoms with Crippen molar-refractivity contribution >= 4 is 33.2 Å². The van der Waals surface area contributed by atoms with Crippen LogP contribution in [0.4, 0.5) is 11.6 Å². The van der Waals surface area contributed by atoms with Crippen molar-refractivity contribution in [3.05, 3.63) is 29.5 Å². The van der Waals surface area contributed by atoms with Crippen molar-refractivity contribution in [3.8, 4) is 0 Å². The third-order valence-electron chi connectivity index (χ3n) is 2.46. The Balaban J connectivity index is 1.86. The Labute approximate surface area is 101 Å². The molecule has 3 heterocycles. The first-order chi connectivity index (χ1) is 8.34. The lowest BCUT2D eigenvalue weighted by atomic mass is 10.3. The fourth-order valence-electron chi connectivity index (χ4n) is 1.57. The summed E-state index contributed by atoms with van der Waals surface area (Å²) < 4.78 is 0. The fraction of sp³-hybridized carbons (Fsp3) is 0.100. The molecule has 0 spiro atoms. The van der Waals surface area contributed by atoms with Gasteiger partial charge in [-0.3, -0.25) is 5.10 Å². The van der Waals surface area contributed by atoms with Crippen LogP contribution >= 0.6 is 11.3 Å². The second kappa shape index (κ2) is 4.02. The third-order valence-corrected chi connectivity index (χ3v) is 3.28. The van der Waals surface area contributed by atoms with Gasteiger partial charge in [0.25, 0.3) is 0 Å². The predicted molar refractivity (Wildman–Crippen MR) is 67.7 cm³/mol. The van der Waals surface area contributed by atoms with E-state index in [0.717, 1.165) is 21.6 Å². The van der Waals surface area contributed by atoms with Gasteiger partial charge < -0.3 is 11.1 Å². The topological polar surface area (TPSA) is 92.5 Å². The van der Waals surface area contributed by atoms with E-state index in [1.165, 1.54) is 0 Å². The lowest BCUT2D eigenvalue weighted by Crippen LogP contribution is -2.03. The average molecular weight is 246 g/mol. The Kier molecular flexibility index (Phi) is 2.37. The van der Waals surface area contributed by atoms with Crippen LogP contribution in [-0.4, -0.2) is 20.2 Å². The molecule has 6 nitrogen and oxygen atoms in total. The first kappa shape index (κ1) is 10.0. The van der Waals surface area contributed by atoms with Crippen LogP contribution in [0.1, 0.15) is 5.56 Å². The molecule has 3 rings (SSSR count). The van der Waals surface area contributed by atoms with Gasteiger partial charge in [-0.2, -0.15) is 5.10 Å². The second-order valence-electron chi connectivity index (χ2n) is 3.52. The van der Waals surface area contributed by atoms with E-state index in [9.17, 15) is 0 Å². The number of nitrogens with two attached hydrogens (primary N) is 1. The van der Waals surface area contributed by atoms with Crippen molar-refractivity contribution in [1.82, 2.24) is 20.2 Å². The number of aromatic nitrogens is 4. The highest BCUT2D eigenvalue weighted by molar-refractivity contribution is 7.16. The quantitative estimate of drug-likeness (QED) is 0.653. The molecule has 0 saturated carbocycles. The smallest absolute Gasteiger partial charge is 0.138 e. The number of thiophene rings is 1. The highest BCUT2D eigenvalue weighted by atomic mass is 32.1. The van der Waals surface area contributed by atoms with Crippen molar-refractivity contribution in [2.45, 2.75) is 6.54 Å². The molecule has 0 atom stereocenters. The van der Waals surface area contributed by atoms with Gasteiger partial charge in [0.05, 0.1) is 11.6 Å². The van der Waals surface area contributed by atoms with E-state index < -0.39 is 0 Å². The molecule has 0 saturated heterocycles. The fourth-order valence-corrected chi connectivity index (χ4v) is 2.30. The zero-order valence-corrected chi connectivity index (χ0v) is 9.66. The van der Waals surface area contributed by atoms with Crippen LogP contribution in [0.5, 0.6) is 0 Å². The Bertz CT molecular complexity index is 643. The van der Waals surface area contributed by atoms with Gasteiger partial charge in [0, 0.05) is 12.1 Å². The summed E-state index contributed by atoms with van der Waals surface area (Å²) in [7, 11) is 0. The molecule has 86 valence electrons. The molecular weight excluding hydrogens is 236 g/mol. The Hall–Kier alpha value is -2.15. The number of hydrogen-bond acceptors (Lipinski definition) is 6. The number of H-pyrrole nitrogens is 1. The number of rotatable bonds is 3. The van der Waals surface area contributed by atoms with E-state index in [2.05, 4.69) is 25.5 Å². The van der Waals surface area contributed by atoms with Gasteiger partial charge in [0.2, 0.25) is 0 Å². The van der Waals surface area contributed by atoms with Gasteiger partial charge >= 0.3 is 0 Å². The first-order valence-corrected chi connectivity index (χ1v) is 5.92. The summed E-state index contributed by atoms with van der Waals surface area (Å²) in [5.41, 5.74) is 6.63. The maximum Gasteiger partial charge on any atom is 0.138 e. The molecule has 0 radical (unpaired) electrons. The molecule has 7 heteroatoms. The summed E-state index contributed by atoms with van der Waals surface area (Å²) in [6.07, 6.45) is 3.26. The molecule has 0 aliphatic carbocycles. The standard InChI is InChI=1S/C10H10N6S/c11-8-6(4-15-16-8)3-12-9-7-1-2-17-10(7)14-5-13-9/h1-2,4-5H,3H2,(H3,11,15,16)(H,12,13,14). The summed E-state index contributed by atoms with van der Waals surface area (Å²) in [5, 5.41) is 12.8. The van der Waals surface area contributed by atoms with E-state index in [1.807, 2.05) is 11.4 Å². The minimum atomic E-state index is 0.577. The Morgan fingerprint density at radius 2 is 2.35 bits per heavy atom. The lowest BCUT2D eigenvalue weighted by Gasteiger charge is -2.05. The largest absolute Gasteiger partial charge is 0.384 e. The molecule has 3 aromatic rings. The number of aromatic amines is 1. The number of nitrogens with zero attached hydrogens (tertiary/aromatic N) is 3. The normalized spacial score (nSPS) is 10.8. The van der Waals surface area contributed by atoms with Crippen molar-refractivity contribution in [2.75, 3.05) is 11.1 Å². The minimum absolute atomic E-state index is 0.577. The van der Waals surface area contributed by atoms with Crippen LogP contribution < -0.4 is 11.1 Å². The summed E-state index contributed by atoms with van der Waals surface area (Å²) in [6, 6.07) is 2.00. The van der Waals surface area contributed by atoms with Gasteiger partial charge in [-0.1, -0.05) is 0 Å². The van der Waals surface area contributed by atoms with Gasteiger partial charge in [-0.15, -0.1) is 11.3 Å². The molecule has 17 heavy (non-hydrogen) atoms. The Morgan fingerprint density at radius 3 is 3.18 bits per heavy atom. The summed E-state index contributed by atoms with van der Waals surface area (Å²) in [4.78, 5) is 9.38. The third kappa shape index (κ3) is 1.80. The van der Waals surface area contributed by atoms with Crippen LogP contribution in [0, 0.1) is 0 Å². The van der Waals surface area contributed by atoms with E-state index >= 15 is 0 Å². The maximum absolute atomic E-state index is 5.71. The van der Waals surface area contributed by atoms with E-state index in [-0.39, 0.29) is 0 Å². The molecule has 4 N–H and O–H groups in total. The van der Waals surface area contributed by atoms with E-state index in [0.29, 0.717) is 12.4 Å². The molecule has 0 aromatic carbocycles. The molecule has 0 aliphatic rings. The molecule has 0 unspecified atom stereocenters. The van der Waals surface area contributed by atoms with Crippen molar-refractivity contribution in [1.29, 1.82) is 0 Å². The molecule has 0 fully saturated rings. The second-order valence-corrected chi connectivity index (χ2v) is 4.42. The zero-order chi connectivity index (χ0) is 11.7. The van der Waals surface area contributed by atoms with Gasteiger partial charge in [0.15, 0.2) is 0 Å². The van der Waals surface area contributed by atoms with Crippen LogP contribution in [0.25, 0.3) is 10.2 Å². The molecular formula is C10H10N6S. The molecule has 3 aromatic heterocycles. The van der Waals surface area contributed by atoms with E-state index in [1.54, 1.807) is 23.9 Å². The number of hydrogen-bond donors (Lipinski definition) is 3. The van der Waals surface area contributed by atoms with Crippen LogP contribution in [0.2, 0.25) is 0 Å². The minimum Gasteiger partial charge on any atom is -0.384 e. The molecule has 0 bridgehead atoms. The van der Waals surface area contributed by atoms with E-state index in [4.69, 9.17) is 5.73 Å². The van der Waals surface area contributed by atoms with Gasteiger partial charge in [-0.05, 0) is 11.4 Å². The zero-order valence-electron chi connectivity index (χ0n) is 8.84. The van der Waals surface area contributed by atoms with Crippen molar-refractivity contribution in [3.63, 3.8) is 0 Å². The monoisotopic (exact) mass is 246 g/mol. The number of anilines is 2. The molecule has 0 amide bonds. The SMILES string of the molecule is Nc1[nH]ncc1CNc1ncnc2sccc12. The van der Waals surface area contributed by atoms with Gasteiger partial charge in [-0.25, -0.2) is 9.97 Å². The van der Waals surface area contributed by atoms with Gasteiger partial charge in [0.1, 0.15) is 22.8 Å². The first-order valence-electron chi connectivity index (χ1n) is 5.04. The Morgan fingerprint density at radius 1 is 1.41 bits per heavy atom.